The van der Waals surface area contributed by atoms with Crippen LogP contribution in [0.15, 0.2) is 24.3 Å². The van der Waals surface area contributed by atoms with Crippen LogP contribution in [0, 0.1) is 29.6 Å². The van der Waals surface area contributed by atoms with Crippen molar-refractivity contribution in [2.75, 3.05) is 0 Å². The maximum absolute atomic E-state index is 3.61. The van der Waals surface area contributed by atoms with E-state index in [-0.39, 0.29) is 0 Å². The molecular formula is C12H16. The Bertz CT molecular complexity index is 236. The first-order chi connectivity index (χ1) is 5.64. The Hall–Kier alpha value is -0.520. The highest BCUT2D eigenvalue weighted by Crippen LogP contribution is 2.52. The van der Waals surface area contributed by atoms with E-state index >= 15 is 0 Å². The number of rotatable bonds is 0. The molecule has 2 radical (unpaired) electrons. The van der Waals surface area contributed by atoms with Gasteiger partial charge in [0.2, 0.25) is 0 Å². The monoisotopic (exact) mass is 160 g/mol. The fourth-order valence-electron chi connectivity index (χ4n) is 2.39. The van der Waals surface area contributed by atoms with Crippen LogP contribution in [0.1, 0.15) is 20.8 Å². The summed E-state index contributed by atoms with van der Waals surface area (Å²) in [6, 6.07) is 0. The van der Waals surface area contributed by atoms with E-state index in [0.29, 0.717) is 17.3 Å². The van der Waals surface area contributed by atoms with Gasteiger partial charge in [0.15, 0.2) is 0 Å². The first-order valence-corrected chi connectivity index (χ1v) is 4.76. The zero-order chi connectivity index (χ0) is 8.77. The molecular weight excluding hydrogens is 144 g/mol. The van der Waals surface area contributed by atoms with Gasteiger partial charge in [-0.2, -0.15) is 0 Å². The summed E-state index contributed by atoms with van der Waals surface area (Å²) >= 11 is 0. The average molecular weight is 160 g/mol. The molecule has 0 heterocycles. The maximum atomic E-state index is 3.61. The molecule has 0 aromatic rings. The summed E-state index contributed by atoms with van der Waals surface area (Å²) in [5.41, 5.74) is 0.341. The van der Waals surface area contributed by atoms with E-state index in [1.165, 1.54) is 0 Å². The van der Waals surface area contributed by atoms with Gasteiger partial charge in [0.05, 0.1) is 0 Å². The van der Waals surface area contributed by atoms with Crippen LogP contribution in [-0.2, 0) is 0 Å². The SMILES string of the molecule is CC1[C]C2C=CC=CC2(C)C1C. The van der Waals surface area contributed by atoms with Gasteiger partial charge in [0.25, 0.3) is 0 Å². The van der Waals surface area contributed by atoms with Crippen LogP contribution in [0.3, 0.4) is 0 Å². The molecule has 0 aromatic carbocycles. The van der Waals surface area contributed by atoms with Crippen molar-refractivity contribution in [2.24, 2.45) is 23.2 Å². The van der Waals surface area contributed by atoms with E-state index in [9.17, 15) is 0 Å². The molecule has 1 saturated carbocycles. The summed E-state index contributed by atoms with van der Waals surface area (Å²) in [6.07, 6.45) is 12.5. The van der Waals surface area contributed by atoms with Crippen molar-refractivity contribution in [3.05, 3.63) is 30.7 Å². The molecule has 4 atom stereocenters. The highest BCUT2D eigenvalue weighted by Gasteiger charge is 2.46. The van der Waals surface area contributed by atoms with Gasteiger partial charge in [-0.3, -0.25) is 0 Å². The Morgan fingerprint density at radius 2 is 2.00 bits per heavy atom. The summed E-state index contributed by atoms with van der Waals surface area (Å²) in [4.78, 5) is 0. The molecule has 4 unspecified atom stereocenters. The quantitative estimate of drug-likeness (QED) is 0.511. The standard InChI is InChI=1S/C12H16/c1-9-8-11-6-4-5-7-12(11,3)10(9)2/h4-7,9-11H,1-3H3. The third-order valence-electron chi connectivity index (χ3n) is 3.71. The van der Waals surface area contributed by atoms with E-state index in [4.69, 9.17) is 0 Å². The summed E-state index contributed by atoms with van der Waals surface area (Å²) < 4.78 is 0. The van der Waals surface area contributed by atoms with Gasteiger partial charge in [-0.1, -0.05) is 45.1 Å². The third-order valence-corrected chi connectivity index (χ3v) is 3.71. The minimum Gasteiger partial charge on any atom is -0.0800 e. The Morgan fingerprint density at radius 1 is 1.25 bits per heavy atom. The zero-order valence-electron chi connectivity index (χ0n) is 8.04. The lowest BCUT2D eigenvalue weighted by atomic mass is 9.71. The molecule has 0 saturated heterocycles. The Balaban J connectivity index is 2.34. The van der Waals surface area contributed by atoms with Gasteiger partial charge in [-0.25, -0.2) is 0 Å². The van der Waals surface area contributed by atoms with Gasteiger partial charge >= 0.3 is 0 Å². The molecule has 2 aliphatic rings. The van der Waals surface area contributed by atoms with Crippen LogP contribution in [0.4, 0.5) is 0 Å². The van der Waals surface area contributed by atoms with Crippen LogP contribution < -0.4 is 0 Å². The first-order valence-electron chi connectivity index (χ1n) is 4.76. The minimum atomic E-state index is 0.341. The van der Waals surface area contributed by atoms with Gasteiger partial charge in [0.1, 0.15) is 0 Å². The van der Waals surface area contributed by atoms with Crippen molar-refractivity contribution >= 4 is 0 Å². The van der Waals surface area contributed by atoms with E-state index in [0.717, 1.165) is 5.92 Å². The van der Waals surface area contributed by atoms with Crippen LogP contribution >= 0.6 is 0 Å². The molecule has 0 aliphatic heterocycles. The lowest BCUT2D eigenvalue weighted by molar-refractivity contribution is 0.256. The Kier molecular flexibility index (Phi) is 1.67. The Morgan fingerprint density at radius 3 is 2.67 bits per heavy atom. The molecule has 0 bridgehead atoms. The van der Waals surface area contributed by atoms with Gasteiger partial charge in [0, 0.05) is 0 Å². The highest BCUT2D eigenvalue weighted by atomic mass is 14.5. The lowest BCUT2D eigenvalue weighted by Gasteiger charge is -2.33. The maximum Gasteiger partial charge on any atom is -0.00464 e. The molecule has 2 rings (SSSR count). The van der Waals surface area contributed by atoms with Crippen molar-refractivity contribution in [3.63, 3.8) is 0 Å². The van der Waals surface area contributed by atoms with Crippen molar-refractivity contribution in [1.29, 1.82) is 0 Å². The summed E-state index contributed by atoms with van der Waals surface area (Å²) in [5.74, 6) is 1.91. The second-order valence-electron chi connectivity index (χ2n) is 4.33. The normalized spacial score (nSPS) is 51.1. The highest BCUT2D eigenvalue weighted by molar-refractivity contribution is 5.27. The second kappa shape index (κ2) is 2.48. The molecule has 0 nitrogen and oxygen atoms in total. The molecule has 2 aliphatic carbocycles. The molecule has 1 fully saturated rings. The van der Waals surface area contributed by atoms with Crippen molar-refractivity contribution in [2.45, 2.75) is 20.8 Å². The van der Waals surface area contributed by atoms with E-state index in [2.05, 4.69) is 51.5 Å². The lowest BCUT2D eigenvalue weighted by Crippen LogP contribution is -2.26. The van der Waals surface area contributed by atoms with Gasteiger partial charge in [-0.15, -0.1) is 0 Å². The average Bonchev–Trinajstić information content (AvgIpc) is 2.28. The van der Waals surface area contributed by atoms with Crippen molar-refractivity contribution < 1.29 is 0 Å². The summed E-state index contributed by atoms with van der Waals surface area (Å²) in [6.45, 7) is 6.95. The van der Waals surface area contributed by atoms with E-state index < -0.39 is 0 Å². The topological polar surface area (TPSA) is 0 Å². The third kappa shape index (κ3) is 0.903. The van der Waals surface area contributed by atoms with Crippen LogP contribution in [0.25, 0.3) is 0 Å². The van der Waals surface area contributed by atoms with Crippen molar-refractivity contribution in [3.8, 4) is 0 Å². The van der Waals surface area contributed by atoms with Crippen LogP contribution in [0.5, 0.6) is 0 Å². The molecule has 64 valence electrons. The van der Waals surface area contributed by atoms with Gasteiger partial charge in [-0.05, 0) is 29.6 Å². The first kappa shape index (κ1) is 8.10. The number of fused-ring (bicyclic) bond motifs is 1. The summed E-state index contributed by atoms with van der Waals surface area (Å²) in [7, 11) is 0. The molecule has 0 amide bonds. The van der Waals surface area contributed by atoms with Crippen LogP contribution in [0.2, 0.25) is 0 Å². The zero-order valence-corrected chi connectivity index (χ0v) is 8.04. The largest absolute Gasteiger partial charge is 0.0800 e. The fourth-order valence-corrected chi connectivity index (χ4v) is 2.39. The second-order valence-corrected chi connectivity index (χ2v) is 4.33. The van der Waals surface area contributed by atoms with Crippen molar-refractivity contribution in [1.82, 2.24) is 0 Å². The molecule has 0 heteroatoms. The number of allylic oxidation sites excluding steroid dienone is 4. The fraction of sp³-hybridized carbons (Fsp3) is 0.583. The molecule has 12 heavy (non-hydrogen) atoms. The molecule has 0 spiro atoms. The smallest absolute Gasteiger partial charge is 0.00464 e. The minimum absolute atomic E-state index is 0.341. The van der Waals surface area contributed by atoms with Gasteiger partial charge < -0.3 is 0 Å². The molecule has 0 aromatic heterocycles. The predicted octanol–water partition coefficient (Wildman–Crippen LogP) is 3.10. The summed E-state index contributed by atoms with van der Waals surface area (Å²) in [5, 5.41) is 0. The van der Waals surface area contributed by atoms with Crippen LogP contribution in [-0.4, -0.2) is 0 Å². The van der Waals surface area contributed by atoms with E-state index in [1.54, 1.807) is 0 Å². The number of hydrogen-bond acceptors (Lipinski definition) is 0. The number of hydrogen-bond donors (Lipinski definition) is 0. The van der Waals surface area contributed by atoms with E-state index in [1.807, 2.05) is 0 Å². The molecule has 0 N–H and O–H groups in total. The Labute approximate surface area is 75.4 Å². The predicted molar refractivity (Wildman–Crippen MR) is 51.4 cm³/mol.